The molecule has 23 heavy (non-hydrogen) atoms. The molecule has 3 aromatic rings. The first-order valence-electron chi connectivity index (χ1n) is 7.29. The Morgan fingerprint density at radius 2 is 2.09 bits per heavy atom. The summed E-state index contributed by atoms with van der Waals surface area (Å²) < 4.78 is 23.4. The van der Waals surface area contributed by atoms with Crippen LogP contribution in [0, 0.1) is 0 Å². The second-order valence-corrected chi connectivity index (χ2v) is 7.78. The number of nitrogens with zero attached hydrogens (tertiary/aromatic N) is 3. The second kappa shape index (κ2) is 5.02. The summed E-state index contributed by atoms with van der Waals surface area (Å²) in [5, 5.41) is 10.1. The van der Waals surface area contributed by atoms with Crippen molar-refractivity contribution in [1.82, 2.24) is 20.2 Å². The van der Waals surface area contributed by atoms with Gasteiger partial charge in [0.1, 0.15) is 16.9 Å². The van der Waals surface area contributed by atoms with Gasteiger partial charge in [0, 0.05) is 17.9 Å². The molecule has 2 heterocycles. The molecule has 2 N–H and O–H groups in total. The number of hydrogen-bond acceptors (Lipinski definition) is 6. The van der Waals surface area contributed by atoms with E-state index in [2.05, 4.69) is 25.5 Å². The molecule has 1 saturated carbocycles. The summed E-state index contributed by atoms with van der Waals surface area (Å²) in [5.74, 6) is 1.83. The summed E-state index contributed by atoms with van der Waals surface area (Å²) in [6.07, 6.45) is 5.06. The topological polar surface area (TPSA) is 101 Å². The first-order chi connectivity index (χ1) is 11.0. The van der Waals surface area contributed by atoms with Crippen LogP contribution in [0.15, 0.2) is 35.4 Å². The predicted octanol–water partition coefficient (Wildman–Crippen LogP) is 2.38. The molecule has 0 spiro atoms. The number of hydrogen-bond donors (Lipinski definition) is 2. The van der Waals surface area contributed by atoms with E-state index in [-0.39, 0.29) is 4.90 Å². The highest BCUT2D eigenvalue weighted by Crippen LogP contribution is 2.39. The normalized spacial score (nSPS) is 15.0. The number of benzene rings is 1. The average Bonchev–Trinajstić information content (AvgIpc) is 3.25. The highest BCUT2D eigenvalue weighted by Gasteiger charge is 2.28. The highest BCUT2D eigenvalue weighted by molar-refractivity contribution is 7.90. The quantitative estimate of drug-likeness (QED) is 0.762. The van der Waals surface area contributed by atoms with Gasteiger partial charge in [-0.15, -0.1) is 0 Å². The van der Waals surface area contributed by atoms with Gasteiger partial charge in [0.15, 0.2) is 15.7 Å². The SMILES string of the molecule is CS(=O)(=O)c1cccc(Nc2nc(C3CC3)nc3cn[nH]c23)c1. The van der Waals surface area contributed by atoms with Crippen LogP contribution < -0.4 is 5.32 Å². The Hall–Kier alpha value is -2.48. The highest BCUT2D eigenvalue weighted by atomic mass is 32.2. The molecule has 1 fully saturated rings. The Bertz CT molecular complexity index is 992. The average molecular weight is 329 g/mol. The van der Waals surface area contributed by atoms with Gasteiger partial charge in [-0.05, 0) is 31.0 Å². The predicted molar refractivity (Wildman–Crippen MR) is 86.5 cm³/mol. The lowest BCUT2D eigenvalue weighted by Crippen LogP contribution is -2.02. The lowest BCUT2D eigenvalue weighted by Gasteiger charge is -2.09. The molecule has 1 aromatic carbocycles. The van der Waals surface area contributed by atoms with Crippen LogP contribution in [0.2, 0.25) is 0 Å². The zero-order chi connectivity index (χ0) is 16.0. The third kappa shape index (κ3) is 2.77. The van der Waals surface area contributed by atoms with Crippen LogP contribution in [0.25, 0.3) is 11.0 Å². The van der Waals surface area contributed by atoms with Crippen LogP contribution in [-0.2, 0) is 9.84 Å². The van der Waals surface area contributed by atoms with E-state index in [0.29, 0.717) is 22.9 Å². The van der Waals surface area contributed by atoms with Crippen molar-refractivity contribution in [2.24, 2.45) is 0 Å². The van der Waals surface area contributed by atoms with Gasteiger partial charge in [-0.2, -0.15) is 5.10 Å². The monoisotopic (exact) mass is 329 g/mol. The van der Waals surface area contributed by atoms with Crippen LogP contribution >= 0.6 is 0 Å². The van der Waals surface area contributed by atoms with Crippen LogP contribution in [0.1, 0.15) is 24.6 Å². The number of sulfone groups is 1. The van der Waals surface area contributed by atoms with Crippen molar-refractivity contribution in [3.05, 3.63) is 36.3 Å². The Kier molecular flexibility index (Phi) is 3.08. The van der Waals surface area contributed by atoms with Gasteiger partial charge in [-0.1, -0.05) is 6.07 Å². The van der Waals surface area contributed by atoms with Gasteiger partial charge in [0.05, 0.1) is 11.1 Å². The third-order valence-corrected chi connectivity index (χ3v) is 4.90. The van der Waals surface area contributed by atoms with Gasteiger partial charge in [-0.25, -0.2) is 18.4 Å². The molecule has 2 aromatic heterocycles. The Morgan fingerprint density at radius 1 is 1.26 bits per heavy atom. The molecule has 0 unspecified atom stereocenters. The molecule has 0 amide bonds. The van der Waals surface area contributed by atoms with Crippen molar-refractivity contribution < 1.29 is 8.42 Å². The summed E-state index contributed by atoms with van der Waals surface area (Å²) in [5.41, 5.74) is 2.12. The van der Waals surface area contributed by atoms with Crippen LogP contribution in [-0.4, -0.2) is 34.8 Å². The first kappa shape index (κ1) is 14.1. The van der Waals surface area contributed by atoms with Gasteiger partial charge in [-0.3, -0.25) is 5.10 Å². The second-order valence-electron chi connectivity index (χ2n) is 5.76. The molecule has 8 heteroatoms. The van der Waals surface area contributed by atoms with Crippen LogP contribution in [0.3, 0.4) is 0 Å². The van der Waals surface area contributed by atoms with Crippen LogP contribution in [0.4, 0.5) is 11.5 Å². The van der Waals surface area contributed by atoms with E-state index < -0.39 is 9.84 Å². The van der Waals surface area contributed by atoms with Gasteiger partial charge < -0.3 is 5.32 Å². The minimum Gasteiger partial charge on any atom is -0.338 e. The van der Waals surface area contributed by atoms with E-state index in [1.54, 1.807) is 30.5 Å². The molecule has 0 radical (unpaired) electrons. The minimum atomic E-state index is -3.25. The lowest BCUT2D eigenvalue weighted by molar-refractivity contribution is 0.602. The summed E-state index contributed by atoms with van der Waals surface area (Å²) >= 11 is 0. The number of aromatic amines is 1. The van der Waals surface area contributed by atoms with E-state index in [0.717, 1.165) is 24.2 Å². The molecule has 0 atom stereocenters. The molecule has 0 saturated heterocycles. The van der Waals surface area contributed by atoms with Gasteiger partial charge in [0.2, 0.25) is 0 Å². The smallest absolute Gasteiger partial charge is 0.175 e. The molecule has 118 valence electrons. The summed E-state index contributed by atoms with van der Waals surface area (Å²) in [4.78, 5) is 9.36. The van der Waals surface area contributed by atoms with Gasteiger partial charge in [0.25, 0.3) is 0 Å². The Labute approximate surface area is 133 Å². The standard InChI is InChI=1S/C15H15N5O2S/c1-23(21,22)11-4-2-3-10(7-11)17-15-13-12(8-16-20-13)18-14(19-15)9-5-6-9/h2-4,7-9H,5-6H2,1H3,(H,16,20)(H,17,18,19). The number of nitrogens with one attached hydrogen (secondary N) is 2. The lowest BCUT2D eigenvalue weighted by atomic mass is 10.3. The van der Waals surface area contributed by atoms with Crippen molar-refractivity contribution in [1.29, 1.82) is 0 Å². The Morgan fingerprint density at radius 3 is 2.83 bits per heavy atom. The number of H-pyrrole nitrogens is 1. The number of fused-ring (bicyclic) bond motifs is 1. The third-order valence-electron chi connectivity index (χ3n) is 3.78. The number of rotatable bonds is 4. The van der Waals surface area contributed by atoms with E-state index in [1.807, 2.05) is 0 Å². The minimum absolute atomic E-state index is 0.264. The maximum atomic E-state index is 11.7. The van der Waals surface area contributed by atoms with Gasteiger partial charge >= 0.3 is 0 Å². The largest absolute Gasteiger partial charge is 0.338 e. The van der Waals surface area contributed by atoms with Crippen molar-refractivity contribution >= 4 is 32.4 Å². The molecule has 1 aliphatic carbocycles. The fraction of sp³-hybridized carbons (Fsp3) is 0.267. The fourth-order valence-corrected chi connectivity index (χ4v) is 3.08. The van der Waals surface area contributed by atoms with Crippen LogP contribution in [0.5, 0.6) is 0 Å². The first-order valence-corrected chi connectivity index (χ1v) is 9.18. The fourth-order valence-electron chi connectivity index (χ4n) is 2.41. The summed E-state index contributed by atoms with van der Waals surface area (Å²) in [7, 11) is -3.25. The van der Waals surface area contributed by atoms with Crippen molar-refractivity contribution in [3.63, 3.8) is 0 Å². The van der Waals surface area contributed by atoms with Crippen molar-refractivity contribution in [2.45, 2.75) is 23.7 Å². The zero-order valence-electron chi connectivity index (χ0n) is 12.4. The molecule has 0 aliphatic heterocycles. The molecule has 1 aliphatic rings. The van der Waals surface area contributed by atoms with Crippen molar-refractivity contribution in [2.75, 3.05) is 11.6 Å². The molecular formula is C15H15N5O2S. The van der Waals surface area contributed by atoms with Crippen molar-refractivity contribution in [3.8, 4) is 0 Å². The summed E-state index contributed by atoms with van der Waals surface area (Å²) in [6, 6.07) is 6.67. The molecule has 0 bridgehead atoms. The molecule has 4 rings (SSSR count). The number of aromatic nitrogens is 4. The Balaban J connectivity index is 1.76. The zero-order valence-corrected chi connectivity index (χ0v) is 13.3. The maximum Gasteiger partial charge on any atom is 0.175 e. The van der Waals surface area contributed by atoms with E-state index in [4.69, 9.17) is 0 Å². The van der Waals surface area contributed by atoms with E-state index in [9.17, 15) is 8.42 Å². The van der Waals surface area contributed by atoms with E-state index in [1.165, 1.54) is 6.26 Å². The summed E-state index contributed by atoms with van der Waals surface area (Å²) in [6.45, 7) is 0. The van der Waals surface area contributed by atoms with E-state index >= 15 is 0 Å². The number of anilines is 2. The molecular weight excluding hydrogens is 314 g/mol. The molecule has 7 nitrogen and oxygen atoms in total. The maximum absolute atomic E-state index is 11.7.